The third-order valence-electron chi connectivity index (χ3n) is 1.06. The van der Waals surface area contributed by atoms with Crippen LogP contribution in [-0.2, 0) is 4.79 Å². The highest BCUT2D eigenvalue weighted by atomic mass is 19.4. The van der Waals surface area contributed by atoms with Gasteiger partial charge in [0.1, 0.15) is 0 Å². The molecule has 0 spiro atoms. The summed E-state index contributed by atoms with van der Waals surface area (Å²) in [5.74, 6) is -2.03. The molecule has 0 aliphatic carbocycles. The number of halogens is 6. The number of carbonyl (C=O) groups excluding carboxylic acids is 1. The fraction of sp³-hybridized carbons (Fsp3) is 0.800. The summed E-state index contributed by atoms with van der Waals surface area (Å²) in [5.41, 5.74) is 0. The van der Waals surface area contributed by atoms with Gasteiger partial charge in [0, 0.05) is 6.42 Å². The van der Waals surface area contributed by atoms with Crippen molar-refractivity contribution in [1.82, 2.24) is 4.90 Å². The molecule has 0 unspecified atom stereocenters. The van der Waals surface area contributed by atoms with Gasteiger partial charge in [-0.05, 0) is 0 Å². The topological polar surface area (TPSA) is 20.3 Å². The number of carbonyl (C=O) groups is 1. The zero-order valence-electron chi connectivity index (χ0n) is 6.33. The van der Waals surface area contributed by atoms with E-state index < -0.39 is 29.8 Å². The average Bonchev–Trinajstić information content (AvgIpc) is 1.80. The number of rotatable bonds is 1. The minimum atomic E-state index is -5.72. The van der Waals surface area contributed by atoms with Crippen molar-refractivity contribution in [2.75, 3.05) is 0 Å². The van der Waals surface area contributed by atoms with E-state index in [-0.39, 0.29) is 0 Å². The quantitative estimate of drug-likeness (QED) is 0.479. The molecular formula is C5H5F6NO. The molecule has 2 nitrogen and oxygen atoms in total. The van der Waals surface area contributed by atoms with Crippen LogP contribution in [0.15, 0.2) is 0 Å². The largest absolute Gasteiger partial charge is 0.494 e. The van der Waals surface area contributed by atoms with E-state index in [9.17, 15) is 31.1 Å². The van der Waals surface area contributed by atoms with Crippen LogP contribution in [0.25, 0.3) is 0 Å². The summed E-state index contributed by atoms with van der Waals surface area (Å²) < 4.78 is 69.8. The number of hydrogen-bond acceptors (Lipinski definition) is 1. The standard InChI is InChI=1S/C5H5F6NO/c1-2-3(13)12(4(6,7)8)5(9,10)11/h2H2,1H3. The van der Waals surface area contributed by atoms with Gasteiger partial charge in [-0.25, -0.2) is 0 Å². The molecule has 0 fully saturated rings. The molecule has 0 aromatic rings. The van der Waals surface area contributed by atoms with Gasteiger partial charge in [0.25, 0.3) is 0 Å². The summed E-state index contributed by atoms with van der Waals surface area (Å²) in [5, 5.41) is 0. The molecule has 0 aromatic carbocycles. The first kappa shape index (κ1) is 12.0. The van der Waals surface area contributed by atoms with Gasteiger partial charge < -0.3 is 0 Å². The van der Waals surface area contributed by atoms with Gasteiger partial charge in [-0.15, -0.1) is 26.3 Å². The molecule has 0 aromatic heterocycles. The summed E-state index contributed by atoms with van der Waals surface area (Å²) in [6.45, 7) is 0.910. The van der Waals surface area contributed by atoms with Crippen molar-refractivity contribution in [1.29, 1.82) is 0 Å². The van der Waals surface area contributed by atoms with Gasteiger partial charge in [-0.3, -0.25) is 4.79 Å². The maximum absolute atomic E-state index is 11.6. The molecule has 0 saturated carbocycles. The molecular weight excluding hydrogens is 204 g/mol. The molecule has 0 bridgehead atoms. The highest BCUT2D eigenvalue weighted by Gasteiger charge is 2.56. The molecule has 8 heteroatoms. The van der Waals surface area contributed by atoms with Crippen molar-refractivity contribution < 1.29 is 31.1 Å². The lowest BCUT2D eigenvalue weighted by molar-refractivity contribution is -0.355. The Bertz CT molecular complexity index is 180. The molecule has 0 aliphatic heterocycles. The molecule has 0 radical (unpaired) electrons. The van der Waals surface area contributed by atoms with Crippen molar-refractivity contribution in [3.63, 3.8) is 0 Å². The molecule has 0 heterocycles. The summed E-state index contributed by atoms with van der Waals surface area (Å²) in [4.78, 5) is 8.25. The van der Waals surface area contributed by atoms with E-state index in [4.69, 9.17) is 0 Å². The minimum Gasteiger partial charge on any atom is -0.274 e. The first-order chi connectivity index (χ1) is 5.60. The van der Waals surface area contributed by atoms with Crippen LogP contribution < -0.4 is 0 Å². The predicted molar refractivity (Wildman–Crippen MR) is 29.2 cm³/mol. The van der Waals surface area contributed by atoms with Crippen molar-refractivity contribution in [3.8, 4) is 0 Å². The van der Waals surface area contributed by atoms with E-state index in [0.717, 1.165) is 6.92 Å². The van der Waals surface area contributed by atoms with Gasteiger partial charge in [0.15, 0.2) is 0 Å². The van der Waals surface area contributed by atoms with Gasteiger partial charge in [-0.1, -0.05) is 6.92 Å². The minimum absolute atomic E-state index is 0.862. The van der Waals surface area contributed by atoms with Crippen LogP contribution in [0.2, 0.25) is 0 Å². The molecule has 1 amide bonds. The number of amides is 1. The molecule has 0 saturated heterocycles. The monoisotopic (exact) mass is 209 g/mol. The summed E-state index contributed by atoms with van der Waals surface area (Å²) in [6.07, 6.45) is -12.3. The van der Waals surface area contributed by atoms with Crippen molar-refractivity contribution in [3.05, 3.63) is 0 Å². The third-order valence-corrected chi connectivity index (χ3v) is 1.06. The summed E-state index contributed by atoms with van der Waals surface area (Å²) in [7, 11) is 0. The second-order valence-electron chi connectivity index (χ2n) is 2.02. The Morgan fingerprint density at radius 3 is 1.46 bits per heavy atom. The van der Waals surface area contributed by atoms with Crippen LogP contribution >= 0.6 is 0 Å². The van der Waals surface area contributed by atoms with Gasteiger partial charge in [0.05, 0.1) is 0 Å². The summed E-state index contributed by atoms with van der Waals surface area (Å²) in [6, 6.07) is 0. The molecule has 78 valence electrons. The van der Waals surface area contributed by atoms with E-state index >= 15 is 0 Å². The normalized spacial score (nSPS) is 12.8. The van der Waals surface area contributed by atoms with Crippen LogP contribution in [0.4, 0.5) is 26.3 Å². The Balaban J connectivity index is 4.89. The maximum atomic E-state index is 11.6. The van der Waals surface area contributed by atoms with Crippen molar-refractivity contribution in [2.24, 2.45) is 0 Å². The lowest BCUT2D eigenvalue weighted by atomic mass is 10.4. The Kier molecular flexibility index (Phi) is 3.18. The van der Waals surface area contributed by atoms with E-state index in [0.29, 0.717) is 0 Å². The molecule has 0 N–H and O–H groups in total. The Hall–Kier alpha value is -0.950. The lowest BCUT2D eigenvalue weighted by Crippen LogP contribution is -2.51. The lowest BCUT2D eigenvalue weighted by Gasteiger charge is -2.26. The Morgan fingerprint density at radius 2 is 1.38 bits per heavy atom. The smallest absolute Gasteiger partial charge is 0.274 e. The molecule has 0 aliphatic rings. The third kappa shape index (κ3) is 3.11. The Morgan fingerprint density at radius 1 is 1.08 bits per heavy atom. The second kappa shape index (κ2) is 3.43. The summed E-state index contributed by atoms with van der Waals surface area (Å²) >= 11 is 0. The highest BCUT2D eigenvalue weighted by molar-refractivity contribution is 5.76. The SMILES string of the molecule is CCC(=O)N(C(F)(F)F)C(F)(F)F. The van der Waals surface area contributed by atoms with Crippen LogP contribution in [0.3, 0.4) is 0 Å². The fourth-order valence-electron chi connectivity index (χ4n) is 0.585. The predicted octanol–water partition coefficient (Wildman–Crippen LogP) is 2.26. The van der Waals surface area contributed by atoms with E-state index in [1.165, 1.54) is 0 Å². The van der Waals surface area contributed by atoms with Gasteiger partial charge in [0.2, 0.25) is 5.91 Å². The molecule has 13 heavy (non-hydrogen) atoms. The van der Waals surface area contributed by atoms with Crippen LogP contribution in [0, 0.1) is 0 Å². The van der Waals surface area contributed by atoms with E-state index in [1.807, 2.05) is 0 Å². The highest BCUT2D eigenvalue weighted by Crippen LogP contribution is 2.33. The first-order valence-electron chi connectivity index (χ1n) is 3.07. The zero-order chi connectivity index (χ0) is 10.9. The van der Waals surface area contributed by atoms with Crippen molar-refractivity contribution in [2.45, 2.75) is 25.9 Å². The molecule has 0 atom stereocenters. The fourth-order valence-corrected chi connectivity index (χ4v) is 0.585. The Labute approximate surface area is 69.1 Å². The first-order valence-corrected chi connectivity index (χ1v) is 3.07. The van der Waals surface area contributed by atoms with Crippen LogP contribution in [0.5, 0.6) is 0 Å². The number of hydrogen-bond donors (Lipinski definition) is 0. The number of alkyl halides is 6. The van der Waals surface area contributed by atoms with E-state index in [1.54, 1.807) is 0 Å². The molecule has 0 rings (SSSR count). The maximum Gasteiger partial charge on any atom is 0.494 e. The zero-order valence-corrected chi connectivity index (χ0v) is 6.33. The van der Waals surface area contributed by atoms with Crippen LogP contribution in [-0.4, -0.2) is 23.4 Å². The van der Waals surface area contributed by atoms with Crippen molar-refractivity contribution >= 4 is 5.91 Å². The number of nitrogens with zero attached hydrogens (tertiary/aromatic N) is 1. The van der Waals surface area contributed by atoms with Gasteiger partial charge >= 0.3 is 12.6 Å². The van der Waals surface area contributed by atoms with Crippen LogP contribution in [0.1, 0.15) is 13.3 Å². The van der Waals surface area contributed by atoms with E-state index in [2.05, 4.69) is 0 Å². The van der Waals surface area contributed by atoms with Gasteiger partial charge in [-0.2, -0.15) is 4.90 Å². The second-order valence-corrected chi connectivity index (χ2v) is 2.02. The average molecular weight is 209 g/mol.